The number of phenols is 2. The van der Waals surface area contributed by atoms with Crippen molar-refractivity contribution < 1.29 is 67.0 Å². The summed E-state index contributed by atoms with van der Waals surface area (Å²) in [6.45, 7) is 0.613. The molecule has 6 atom stereocenters. The van der Waals surface area contributed by atoms with Gasteiger partial charge >= 0.3 is 18.2 Å². The minimum Gasteiger partial charge on any atom is -0.507 e. The molecule has 3 aliphatic rings. The number of benzene rings is 3. The highest BCUT2D eigenvalue weighted by Crippen LogP contribution is 2.52. The van der Waals surface area contributed by atoms with Crippen LogP contribution in [0.3, 0.4) is 0 Å². The van der Waals surface area contributed by atoms with E-state index >= 15 is 0 Å². The number of carbonyl (C=O) groups is 4. The lowest BCUT2D eigenvalue weighted by atomic mass is 9.73. The number of para-hydroxylation sites is 1. The smallest absolute Gasteiger partial charge is 0.471 e. The van der Waals surface area contributed by atoms with Crippen LogP contribution in [-0.2, 0) is 25.4 Å². The van der Waals surface area contributed by atoms with E-state index < -0.39 is 114 Å². The number of rotatable bonds is 6. The van der Waals surface area contributed by atoms with Crippen LogP contribution >= 0.6 is 0 Å². The Hall–Kier alpha value is -5.03. The van der Waals surface area contributed by atoms with Gasteiger partial charge in [0.25, 0.3) is 0 Å². The van der Waals surface area contributed by atoms with Gasteiger partial charge in [-0.3, -0.25) is 19.7 Å². The lowest BCUT2D eigenvalue weighted by Crippen LogP contribution is -2.57. The third-order valence-corrected chi connectivity index (χ3v) is 8.94. The standard InChI is InChI=1S/C34H31F3N2O11/c1-15-26(40)20(39-31(45)34(35,36)37)11-22(49-15)50-21-13-33(47,14-48-32(46)38-16-7-3-2-4-8-16)12-19-23(21)30(44)25-24(29(19)43)27(41)17-9-5-6-10-18(17)28(25)42/h2-10,15,20-22,26,40,43-44,47H,11-14H2,1H3,(H,38,46)(H,39,45)/t15-,20-,21-,22-,26-,33-/m0/s1. The Balaban J connectivity index is 1.36. The van der Waals surface area contributed by atoms with Gasteiger partial charge in [0.15, 0.2) is 17.9 Å². The molecule has 6 N–H and O–H groups in total. The summed E-state index contributed by atoms with van der Waals surface area (Å²) in [7, 11) is 0. The Kier molecular flexibility index (Phi) is 9.07. The van der Waals surface area contributed by atoms with Gasteiger partial charge in [-0.15, -0.1) is 0 Å². The number of carbonyl (C=O) groups excluding carboxylic acids is 4. The normalized spacial score (nSPS) is 25.9. The summed E-state index contributed by atoms with van der Waals surface area (Å²) >= 11 is 0. The maximum absolute atomic E-state index is 13.6. The quantitative estimate of drug-likeness (QED) is 0.161. The molecule has 6 rings (SSSR count). The van der Waals surface area contributed by atoms with Gasteiger partial charge in [-0.25, -0.2) is 4.79 Å². The monoisotopic (exact) mass is 700 g/mol. The van der Waals surface area contributed by atoms with Gasteiger partial charge in [-0.2, -0.15) is 13.2 Å². The second-order valence-electron chi connectivity index (χ2n) is 12.4. The van der Waals surface area contributed by atoms with Crippen LogP contribution < -0.4 is 10.6 Å². The zero-order valence-electron chi connectivity index (χ0n) is 26.2. The van der Waals surface area contributed by atoms with Crippen molar-refractivity contribution in [2.75, 3.05) is 11.9 Å². The Labute approximate surface area is 281 Å². The number of nitrogens with one attached hydrogen (secondary N) is 2. The first-order valence-corrected chi connectivity index (χ1v) is 15.4. The lowest BCUT2D eigenvalue weighted by Gasteiger charge is -2.43. The maximum atomic E-state index is 13.6. The number of hydrogen-bond acceptors (Lipinski definition) is 11. The van der Waals surface area contributed by atoms with Crippen molar-refractivity contribution in [1.82, 2.24) is 5.32 Å². The fourth-order valence-corrected chi connectivity index (χ4v) is 6.57. The Morgan fingerprint density at radius 3 is 2.20 bits per heavy atom. The first-order valence-electron chi connectivity index (χ1n) is 15.4. The largest absolute Gasteiger partial charge is 0.507 e. The molecule has 0 radical (unpaired) electrons. The van der Waals surface area contributed by atoms with Crippen molar-refractivity contribution in [3.63, 3.8) is 0 Å². The number of amides is 2. The summed E-state index contributed by atoms with van der Waals surface area (Å²) in [6.07, 6.45) is -13.5. The number of ether oxygens (including phenoxy) is 3. The topological polar surface area (TPSA) is 201 Å². The molecule has 50 heavy (non-hydrogen) atoms. The van der Waals surface area contributed by atoms with Crippen LogP contribution in [-0.4, -0.2) is 86.9 Å². The highest BCUT2D eigenvalue weighted by molar-refractivity contribution is 6.30. The van der Waals surface area contributed by atoms with Crippen LogP contribution in [0.5, 0.6) is 11.5 Å². The van der Waals surface area contributed by atoms with E-state index in [1.165, 1.54) is 31.2 Å². The van der Waals surface area contributed by atoms with E-state index in [1.54, 1.807) is 35.6 Å². The van der Waals surface area contributed by atoms with E-state index in [4.69, 9.17) is 14.2 Å². The number of halogens is 3. The fourth-order valence-electron chi connectivity index (χ4n) is 6.57. The second kappa shape index (κ2) is 13.0. The van der Waals surface area contributed by atoms with Crippen LogP contribution in [0.1, 0.15) is 68.8 Å². The molecule has 0 spiro atoms. The fraction of sp³-hybridized carbons (Fsp3) is 0.353. The number of hydrogen-bond donors (Lipinski definition) is 6. The molecule has 3 aromatic rings. The van der Waals surface area contributed by atoms with Crippen LogP contribution in [0.2, 0.25) is 0 Å². The van der Waals surface area contributed by atoms with Crippen molar-refractivity contribution >= 4 is 29.3 Å². The molecule has 0 bridgehead atoms. The van der Waals surface area contributed by atoms with E-state index in [1.807, 2.05) is 0 Å². The summed E-state index contributed by atoms with van der Waals surface area (Å²) < 4.78 is 56.2. The number of alkyl halides is 3. The molecule has 264 valence electrons. The molecule has 1 saturated heterocycles. The third-order valence-electron chi connectivity index (χ3n) is 8.94. The van der Waals surface area contributed by atoms with Crippen molar-refractivity contribution in [2.45, 2.75) is 68.6 Å². The van der Waals surface area contributed by atoms with E-state index in [9.17, 15) is 52.8 Å². The molecule has 2 amide bonds. The highest BCUT2D eigenvalue weighted by atomic mass is 19.4. The molecule has 16 heteroatoms. The SMILES string of the molecule is C[C@@H]1O[C@@H](O[C@H]2C[C@](O)(COC(=O)Nc3ccccc3)Cc3c(O)c4c(c(O)c32)C(=O)c2ccccc2C4=O)C[C@H](NC(=O)C(F)(F)F)[C@H]1O. The van der Waals surface area contributed by atoms with Crippen LogP contribution in [0.15, 0.2) is 54.6 Å². The third kappa shape index (κ3) is 6.49. The van der Waals surface area contributed by atoms with E-state index in [0.29, 0.717) is 5.69 Å². The van der Waals surface area contributed by atoms with Gasteiger partial charge in [0.1, 0.15) is 29.8 Å². The maximum Gasteiger partial charge on any atom is 0.471 e. The number of phenolic OH excluding ortho intramolecular Hbond substituents is 2. The Morgan fingerprint density at radius 2 is 1.58 bits per heavy atom. The molecule has 0 saturated carbocycles. The predicted octanol–water partition coefficient (Wildman–Crippen LogP) is 3.40. The molecular formula is C34H31F3N2O11. The van der Waals surface area contributed by atoms with Gasteiger partial charge in [0.2, 0.25) is 0 Å². The molecule has 1 fully saturated rings. The van der Waals surface area contributed by atoms with Gasteiger partial charge in [0.05, 0.1) is 29.4 Å². The number of aliphatic hydroxyl groups is 2. The number of aromatic hydroxyl groups is 2. The number of anilines is 1. The number of ketones is 2. The van der Waals surface area contributed by atoms with Gasteiger partial charge in [-0.05, 0) is 19.1 Å². The number of aliphatic hydroxyl groups excluding tert-OH is 1. The Bertz CT molecular complexity index is 1870. The van der Waals surface area contributed by atoms with Gasteiger partial charge < -0.3 is 40.0 Å². The molecule has 2 aliphatic carbocycles. The first kappa shape index (κ1) is 34.8. The summed E-state index contributed by atoms with van der Waals surface area (Å²) in [6, 6.07) is 12.5. The molecule has 13 nitrogen and oxygen atoms in total. The minimum absolute atomic E-state index is 0.0328. The van der Waals surface area contributed by atoms with E-state index in [2.05, 4.69) is 5.32 Å². The van der Waals surface area contributed by atoms with Crippen LogP contribution in [0.4, 0.5) is 23.7 Å². The summed E-state index contributed by atoms with van der Waals surface area (Å²) in [5.41, 5.74) is -3.22. The number of fused-ring (bicyclic) bond motifs is 3. The zero-order valence-corrected chi connectivity index (χ0v) is 26.2. The molecular weight excluding hydrogens is 669 g/mol. The van der Waals surface area contributed by atoms with Crippen molar-refractivity contribution in [1.29, 1.82) is 0 Å². The second-order valence-corrected chi connectivity index (χ2v) is 12.4. The van der Waals surface area contributed by atoms with Gasteiger partial charge in [-0.1, -0.05) is 42.5 Å². The average Bonchev–Trinajstić information content (AvgIpc) is 3.06. The molecule has 3 aromatic carbocycles. The van der Waals surface area contributed by atoms with Crippen LogP contribution in [0.25, 0.3) is 0 Å². The predicted molar refractivity (Wildman–Crippen MR) is 165 cm³/mol. The summed E-state index contributed by atoms with van der Waals surface area (Å²) in [4.78, 5) is 51.5. The van der Waals surface area contributed by atoms with Crippen molar-refractivity contribution in [3.8, 4) is 11.5 Å². The highest BCUT2D eigenvalue weighted by Gasteiger charge is 2.49. The zero-order chi connectivity index (χ0) is 36.1. The average molecular weight is 701 g/mol. The molecule has 0 aromatic heterocycles. The summed E-state index contributed by atoms with van der Waals surface area (Å²) in [5.74, 6) is -5.37. The molecule has 1 heterocycles. The van der Waals surface area contributed by atoms with Crippen molar-refractivity contribution in [3.05, 3.63) is 88.0 Å². The van der Waals surface area contributed by atoms with Gasteiger partial charge in [0, 0.05) is 47.2 Å². The molecule has 0 unspecified atom stereocenters. The first-order chi connectivity index (χ1) is 23.6. The van der Waals surface area contributed by atoms with E-state index in [-0.39, 0.29) is 22.3 Å². The lowest BCUT2D eigenvalue weighted by molar-refractivity contribution is -0.252. The molecule has 1 aliphatic heterocycles. The van der Waals surface area contributed by atoms with E-state index in [0.717, 1.165) is 0 Å². The van der Waals surface area contributed by atoms with Crippen LogP contribution in [0, 0.1) is 0 Å². The van der Waals surface area contributed by atoms with Crippen molar-refractivity contribution in [2.24, 2.45) is 0 Å². The Morgan fingerprint density at radius 1 is 0.980 bits per heavy atom. The minimum atomic E-state index is -5.26. The summed E-state index contributed by atoms with van der Waals surface area (Å²) in [5, 5.41) is 49.7.